The molecule has 0 bridgehead atoms. The number of rotatable bonds is 7. The number of carbonyl (C=O) groups is 1. The molecule has 10 nitrogen and oxygen atoms in total. The molecule has 0 aromatic carbocycles. The van der Waals surface area contributed by atoms with E-state index in [0.717, 1.165) is 0 Å². The van der Waals surface area contributed by atoms with Crippen molar-refractivity contribution in [2.45, 2.75) is 6.42 Å². The van der Waals surface area contributed by atoms with Crippen LogP contribution in [0.25, 0.3) is 10.4 Å². The number of hydrogen-bond acceptors (Lipinski definition) is 6. The Balaban J connectivity index is 1.76. The quantitative estimate of drug-likeness (QED) is 0.304. The van der Waals surface area contributed by atoms with E-state index in [4.69, 9.17) is 21.5 Å². The van der Waals surface area contributed by atoms with Crippen molar-refractivity contribution in [2.24, 2.45) is 16.1 Å². The fourth-order valence-electron chi connectivity index (χ4n) is 2.38. The van der Waals surface area contributed by atoms with Crippen molar-refractivity contribution < 1.29 is 9.21 Å². The molecule has 0 aliphatic carbocycles. The van der Waals surface area contributed by atoms with Crippen molar-refractivity contribution in [3.63, 3.8) is 0 Å². The van der Waals surface area contributed by atoms with Gasteiger partial charge < -0.3 is 9.73 Å². The predicted molar refractivity (Wildman–Crippen MR) is 86.7 cm³/mol. The number of halogens is 1. The van der Waals surface area contributed by atoms with E-state index in [1.807, 2.05) is 0 Å². The molecule has 0 saturated carbocycles. The first kappa shape index (κ1) is 15.9. The molecular formula is C13H13ClN8O2. The molecule has 3 rings (SSSR count). The van der Waals surface area contributed by atoms with Crippen LogP contribution in [0.3, 0.4) is 0 Å². The molecule has 24 heavy (non-hydrogen) atoms. The molecule has 1 amide bonds. The average molecular weight is 349 g/mol. The summed E-state index contributed by atoms with van der Waals surface area (Å²) in [4.78, 5) is 14.8. The first-order valence-electron chi connectivity index (χ1n) is 7.08. The maximum absolute atomic E-state index is 12.1. The highest BCUT2D eigenvalue weighted by Gasteiger charge is 2.34. The van der Waals surface area contributed by atoms with Crippen LogP contribution in [-0.2, 0) is 11.2 Å². The average Bonchev–Trinajstić information content (AvgIpc) is 3.27. The monoisotopic (exact) mass is 348 g/mol. The van der Waals surface area contributed by atoms with Gasteiger partial charge in [-0.1, -0.05) is 16.7 Å². The molecule has 1 aliphatic heterocycles. The van der Waals surface area contributed by atoms with Crippen molar-refractivity contribution in [1.82, 2.24) is 15.6 Å². The van der Waals surface area contributed by atoms with Crippen LogP contribution < -0.4 is 10.7 Å². The second-order valence-electron chi connectivity index (χ2n) is 5.00. The van der Waals surface area contributed by atoms with Gasteiger partial charge >= 0.3 is 0 Å². The van der Waals surface area contributed by atoms with E-state index in [9.17, 15) is 4.79 Å². The molecule has 0 saturated heterocycles. The van der Waals surface area contributed by atoms with Gasteiger partial charge in [-0.2, -0.15) is 10.2 Å². The Bertz CT molecular complexity index is 820. The van der Waals surface area contributed by atoms with Crippen LogP contribution in [0.2, 0.25) is 5.02 Å². The maximum atomic E-state index is 12.1. The van der Waals surface area contributed by atoms with Gasteiger partial charge in [-0.05, 0) is 11.6 Å². The van der Waals surface area contributed by atoms with E-state index in [1.54, 1.807) is 12.3 Å². The summed E-state index contributed by atoms with van der Waals surface area (Å²) in [7, 11) is 0. The third kappa shape index (κ3) is 3.34. The van der Waals surface area contributed by atoms with Gasteiger partial charge in [0.2, 0.25) is 5.91 Å². The topological polar surface area (TPSA) is 144 Å². The van der Waals surface area contributed by atoms with Gasteiger partial charge in [-0.25, -0.2) is 5.43 Å². The van der Waals surface area contributed by atoms with Gasteiger partial charge in [0.1, 0.15) is 23.4 Å². The zero-order valence-electron chi connectivity index (χ0n) is 12.4. The van der Waals surface area contributed by atoms with E-state index in [0.29, 0.717) is 47.4 Å². The third-order valence-electron chi connectivity index (χ3n) is 3.45. The Morgan fingerprint density at radius 3 is 3.17 bits per heavy atom. The number of nitrogens with zero attached hydrogens (tertiary/aromatic N) is 5. The SMILES string of the molecule is [N-]=[N+]=NCCNc1cn[nH]c1C1=NNC(=O)C1Cc1cc(Cl)co1. The van der Waals surface area contributed by atoms with Gasteiger partial charge in [0.25, 0.3) is 0 Å². The Hall–Kier alpha value is -2.97. The summed E-state index contributed by atoms with van der Waals surface area (Å²) in [5, 5.41) is 17.9. The highest BCUT2D eigenvalue weighted by atomic mass is 35.5. The molecule has 0 fully saturated rings. The molecule has 0 radical (unpaired) electrons. The third-order valence-corrected chi connectivity index (χ3v) is 3.64. The summed E-state index contributed by atoms with van der Waals surface area (Å²) in [6.45, 7) is 0.725. The molecule has 3 N–H and O–H groups in total. The lowest BCUT2D eigenvalue weighted by Crippen LogP contribution is -2.26. The second-order valence-corrected chi connectivity index (χ2v) is 5.44. The minimum atomic E-state index is -0.523. The number of amides is 1. The molecule has 1 atom stereocenters. The molecule has 1 aliphatic rings. The molecule has 3 heterocycles. The zero-order chi connectivity index (χ0) is 16.9. The summed E-state index contributed by atoms with van der Waals surface area (Å²) in [6.07, 6.45) is 3.32. The minimum Gasteiger partial charge on any atom is -0.468 e. The largest absolute Gasteiger partial charge is 0.468 e. The first-order valence-corrected chi connectivity index (χ1v) is 7.45. The Labute approximate surface area is 140 Å². The van der Waals surface area contributed by atoms with Crippen molar-refractivity contribution in [3.8, 4) is 0 Å². The fraction of sp³-hybridized carbons (Fsp3) is 0.308. The van der Waals surface area contributed by atoms with Gasteiger partial charge in [0.05, 0.1) is 22.8 Å². The summed E-state index contributed by atoms with van der Waals surface area (Å²) >= 11 is 5.84. The molecule has 1 unspecified atom stereocenters. The summed E-state index contributed by atoms with van der Waals surface area (Å²) in [5.41, 5.74) is 12.5. The lowest BCUT2D eigenvalue weighted by atomic mass is 9.95. The number of nitrogens with one attached hydrogen (secondary N) is 3. The Morgan fingerprint density at radius 2 is 2.42 bits per heavy atom. The lowest BCUT2D eigenvalue weighted by Gasteiger charge is -2.10. The molecule has 2 aromatic heterocycles. The van der Waals surface area contributed by atoms with Gasteiger partial charge in [0, 0.05) is 24.4 Å². The molecule has 124 valence electrons. The smallest absolute Gasteiger partial charge is 0.249 e. The number of azide groups is 1. The van der Waals surface area contributed by atoms with Gasteiger partial charge in [0.15, 0.2) is 0 Å². The zero-order valence-corrected chi connectivity index (χ0v) is 13.1. The van der Waals surface area contributed by atoms with Crippen molar-refractivity contribution >= 4 is 28.9 Å². The van der Waals surface area contributed by atoms with E-state index >= 15 is 0 Å². The number of anilines is 1. The Morgan fingerprint density at radius 1 is 1.54 bits per heavy atom. The van der Waals surface area contributed by atoms with Crippen LogP contribution in [-0.4, -0.2) is 34.9 Å². The number of aromatic nitrogens is 2. The number of carbonyl (C=O) groups excluding carboxylic acids is 1. The number of furan rings is 1. The predicted octanol–water partition coefficient (Wildman–Crippen LogP) is 2.07. The minimum absolute atomic E-state index is 0.229. The summed E-state index contributed by atoms with van der Waals surface area (Å²) in [5.74, 6) is -0.162. The van der Waals surface area contributed by atoms with Gasteiger partial charge in [-0.15, -0.1) is 0 Å². The summed E-state index contributed by atoms with van der Waals surface area (Å²) < 4.78 is 5.31. The molecular weight excluding hydrogens is 336 g/mol. The first-order chi connectivity index (χ1) is 11.7. The van der Waals surface area contributed by atoms with Crippen LogP contribution in [0.1, 0.15) is 11.5 Å². The molecule has 11 heteroatoms. The number of hydrogen-bond donors (Lipinski definition) is 3. The molecule has 0 spiro atoms. The second kappa shape index (κ2) is 7.07. The Kier molecular flexibility index (Phi) is 4.69. The van der Waals surface area contributed by atoms with E-state index < -0.39 is 5.92 Å². The van der Waals surface area contributed by atoms with Gasteiger partial charge in [-0.3, -0.25) is 9.89 Å². The molecule has 2 aromatic rings. The fourth-order valence-corrected chi connectivity index (χ4v) is 2.54. The van der Waals surface area contributed by atoms with E-state index in [-0.39, 0.29) is 5.91 Å². The van der Waals surface area contributed by atoms with Crippen LogP contribution in [0.5, 0.6) is 0 Å². The highest BCUT2D eigenvalue weighted by molar-refractivity contribution is 6.30. The maximum Gasteiger partial charge on any atom is 0.249 e. The standard InChI is InChI=1S/C13H13ClN8O2/c14-7-3-8(24-6-7)4-9-11(20-21-13(9)23)12-10(5-18-19-12)16-1-2-17-22-15/h3,5-6,9,16H,1-2,4H2,(H,18,19)(H,21,23). The number of H-pyrrole nitrogens is 1. The lowest BCUT2D eigenvalue weighted by molar-refractivity contribution is -0.122. The summed E-state index contributed by atoms with van der Waals surface area (Å²) in [6, 6.07) is 1.66. The van der Waals surface area contributed by atoms with Crippen molar-refractivity contribution in [3.05, 3.63) is 45.4 Å². The highest BCUT2D eigenvalue weighted by Crippen LogP contribution is 2.24. The van der Waals surface area contributed by atoms with Crippen molar-refractivity contribution in [1.29, 1.82) is 0 Å². The van der Waals surface area contributed by atoms with Crippen LogP contribution in [0.15, 0.2) is 33.2 Å². The van der Waals surface area contributed by atoms with Crippen LogP contribution >= 0.6 is 11.6 Å². The van der Waals surface area contributed by atoms with Crippen LogP contribution in [0.4, 0.5) is 5.69 Å². The number of aromatic amines is 1. The normalized spacial score (nSPS) is 16.5. The van der Waals surface area contributed by atoms with E-state index in [2.05, 4.69) is 36.1 Å². The van der Waals surface area contributed by atoms with E-state index in [1.165, 1.54) is 6.26 Å². The van der Waals surface area contributed by atoms with Crippen molar-refractivity contribution in [2.75, 3.05) is 18.4 Å². The number of hydrazone groups is 1. The van der Waals surface area contributed by atoms with Crippen LogP contribution in [0, 0.1) is 5.92 Å².